The zero-order valence-electron chi connectivity index (χ0n) is 20.4. The number of carbonyl (C=O) groups is 1. The van der Waals surface area contributed by atoms with Gasteiger partial charge in [-0.2, -0.15) is 0 Å². The lowest BCUT2D eigenvalue weighted by atomic mass is 10.0. The zero-order chi connectivity index (χ0) is 27.0. The number of rotatable bonds is 5. The highest BCUT2D eigenvalue weighted by molar-refractivity contribution is 9.10. The lowest BCUT2D eigenvalue weighted by Crippen LogP contribution is -2.02. The van der Waals surface area contributed by atoms with Crippen molar-refractivity contribution in [3.05, 3.63) is 94.5 Å². The molecule has 5 aromatic rings. The summed E-state index contributed by atoms with van der Waals surface area (Å²) in [5.74, 6) is -0.111. The molecule has 0 amide bonds. The monoisotopic (exact) mass is 571 g/mol. The number of phenolic OH excluding ortho intramolecular Hbond substituents is 1. The van der Waals surface area contributed by atoms with Crippen LogP contribution in [-0.4, -0.2) is 26.0 Å². The maximum absolute atomic E-state index is 11.3. The van der Waals surface area contributed by atoms with E-state index in [-0.39, 0.29) is 28.8 Å². The Balaban J connectivity index is 1.59. The van der Waals surface area contributed by atoms with E-state index >= 15 is 0 Å². The molecule has 0 atom stereocenters. The number of aryl methyl sites for hydroxylation is 2. The van der Waals surface area contributed by atoms with Crippen molar-refractivity contribution >= 4 is 44.4 Å². The van der Waals surface area contributed by atoms with Crippen molar-refractivity contribution < 1.29 is 24.9 Å². The normalized spacial score (nSPS) is 11.3. The van der Waals surface area contributed by atoms with Crippen LogP contribution in [0.15, 0.2) is 93.6 Å². The summed E-state index contributed by atoms with van der Waals surface area (Å²) in [5, 5.41) is 40.4. The van der Waals surface area contributed by atoms with Crippen LogP contribution in [0.3, 0.4) is 0 Å². The number of para-hydroxylation sites is 1. The third kappa shape index (κ3) is 4.71. The van der Waals surface area contributed by atoms with Crippen LogP contribution < -0.4 is 4.74 Å². The van der Waals surface area contributed by atoms with Gasteiger partial charge in [-0.15, -0.1) is 10.2 Å². The van der Waals surface area contributed by atoms with Gasteiger partial charge in [0.05, 0.1) is 5.52 Å². The van der Waals surface area contributed by atoms with Crippen LogP contribution in [0.2, 0.25) is 0 Å². The van der Waals surface area contributed by atoms with Crippen molar-refractivity contribution in [2.24, 2.45) is 10.2 Å². The molecule has 0 bridgehead atoms. The summed E-state index contributed by atoms with van der Waals surface area (Å²) in [4.78, 5) is 10.9. The van der Waals surface area contributed by atoms with Crippen molar-refractivity contribution in [1.29, 1.82) is 0 Å². The molecule has 0 fully saturated rings. The number of aromatic hydroxyl groups is 2. The average molecular weight is 572 g/mol. The Morgan fingerprint density at radius 2 is 1.68 bits per heavy atom. The first-order valence-electron chi connectivity index (χ1n) is 11.6. The third-order valence-electron chi connectivity index (χ3n) is 6.25. The van der Waals surface area contributed by atoms with E-state index < -0.39 is 6.16 Å². The molecular weight excluding hydrogens is 550 g/mol. The largest absolute Gasteiger partial charge is 0.511 e. The quantitative estimate of drug-likeness (QED) is 0.111. The predicted molar refractivity (Wildman–Crippen MR) is 148 cm³/mol. The number of aromatic nitrogens is 1. The number of fused-ring (bicyclic) bond motifs is 1. The van der Waals surface area contributed by atoms with Gasteiger partial charge < -0.3 is 20.1 Å². The first kappa shape index (κ1) is 25.0. The van der Waals surface area contributed by atoms with Gasteiger partial charge in [0.15, 0.2) is 11.4 Å². The fourth-order valence-electron chi connectivity index (χ4n) is 4.23. The smallest absolute Gasteiger partial charge is 0.505 e. The van der Waals surface area contributed by atoms with Crippen LogP contribution >= 0.6 is 15.9 Å². The van der Waals surface area contributed by atoms with Crippen molar-refractivity contribution in [3.63, 3.8) is 0 Å². The van der Waals surface area contributed by atoms with Crippen molar-refractivity contribution in [1.82, 2.24) is 4.57 Å². The highest BCUT2D eigenvalue weighted by Crippen LogP contribution is 2.44. The molecule has 8 nitrogen and oxygen atoms in total. The van der Waals surface area contributed by atoms with Crippen LogP contribution in [0.1, 0.15) is 11.1 Å². The second-order valence-electron chi connectivity index (χ2n) is 8.71. The summed E-state index contributed by atoms with van der Waals surface area (Å²) in [5.41, 5.74) is 5.14. The summed E-state index contributed by atoms with van der Waals surface area (Å²) in [6, 6.07) is 22.8. The van der Waals surface area contributed by atoms with Crippen molar-refractivity contribution in [2.75, 3.05) is 0 Å². The Hall–Kier alpha value is -4.63. The zero-order valence-corrected chi connectivity index (χ0v) is 22.0. The second kappa shape index (κ2) is 10.0. The summed E-state index contributed by atoms with van der Waals surface area (Å²) >= 11 is 3.51. The Kier molecular flexibility index (Phi) is 6.61. The molecule has 0 aliphatic heterocycles. The fraction of sp³-hybridized carbons (Fsp3) is 0.0690. The van der Waals surface area contributed by atoms with E-state index in [2.05, 4.69) is 26.2 Å². The van der Waals surface area contributed by atoms with Gasteiger partial charge in [0.2, 0.25) is 5.88 Å². The second-order valence-corrected chi connectivity index (χ2v) is 9.62. The molecule has 9 heteroatoms. The summed E-state index contributed by atoms with van der Waals surface area (Å²) in [6.07, 6.45) is -1.43. The van der Waals surface area contributed by atoms with Gasteiger partial charge in [0.1, 0.15) is 11.4 Å². The van der Waals surface area contributed by atoms with Crippen LogP contribution in [0.25, 0.3) is 27.7 Å². The number of hydrogen-bond donors (Lipinski definition) is 3. The van der Waals surface area contributed by atoms with Gasteiger partial charge in [-0.05, 0) is 79.1 Å². The number of phenols is 1. The molecule has 1 heterocycles. The molecule has 38 heavy (non-hydrogen) atoms. The van der Waals surface area contributed by atoms with E-state index in [1.54, 1.807) is 34.9 Å². The molecule has 0 aliphatic carbocycles. The van der Waals surface area contributed by atoms with Gasteiger partial charge >= 0.3 is 6.16 Å². The Morgan fingerprint density at radius 1 is 0.895 bits per heavy atom. The highest BCUT2D eigenvalue weighted by Gasteiger charge is 2.19. The molecule has 0 unspecified atom stereocenters. The molecule has 4 aromatic carbocycles. The van der Waals surface area contributed by atoms with Crippen molar-refractivity contribution in [3.8, 4) is 34.2 Å². The minimum Gasteiger partial charge on any atom is -0.505 e. The van der Waals surface area contributed by atoms with Gasteiger partial charge in [-0.3, -0.25) is 4.57 Å². The summed E-state index contributed by atoms with van der Waals surface area (Å²) in [6.45, 7) is 4.04. The molecule has 0 spiro atoms. The molecular formula is C29H22BrN3O5. The molecule has 0 saturated heterocycles. The van der Waals surface area contributed by atoms with Gasteiger partial charge in [-0.25, -0.2) is 4.79 Å². The topological polar surface area (TPSA) is 117 Å². The number of halogens is 1. The van der Waals surface area contributed by atoms with E-state index in [9.17, 15) is 15.0 Å². The van der Waals surface area contributed by atoms with Gasteiger partial charge in [0.25, 0.3) is 0 Å². The number of carboxylic acid groups (broad SMARTS) is 1. The van der Waals surface area contributed by atoms with Gasteiger partial charge in [-0.1, -0.05) is 46.3 Å². The molecule has 1 aromatic heterocycles. The number of azo groups is 1. The number of hydrogen-bond acceptors (Lipinski definition) is 6. The molecule has 5 rings (SSSR count). The lowest BCUT2D eigenvalue weighted by molar-refractivity contribution is 0.144. The maximum atomic E-state index is 11.3. The Bertz CT molecular complexity index is 1740. The van der Waals surface area contributed by atoms with Crippen LogP contribution in [0.5, 0.6) is 17.4 Å². The van der Waals surface area contributed by atoms with Crippen LogP contribution in [0, 0.1) is 13.8 Å². The van der Waals surface area contributed by atoms with Crippen LogP contribution in [0.4, 0.5) is 16.2 Å². The highest BCUT2D eigenvalue weighted by atomic mass is 79.9. The van der Waals surface area contributed by atoms with Crippen molar-refractivity contribution in [2.45, 2.75) is 13.8 Å². The minimum absolute atomic E-state index is 0.0840. The molecule has 190 valence electrons. The minimum atomic E-state index is -1.43. The van der Waals surface area contributed by atoms with Gasteiger partial charge in [0, 0.05) is 21.1 Å². The predicted octanol–water partition coefficient (Wildman–Crippen LogP) is 8.56. The summed E-state index contributed by atoms with van der Waals surface area (Å²) in [7, 11) is 0. The summed E-state index contributed by atoms with van der Waals surface area (Å²) < 4.78 is 7.28. The molecule has 0 radical (unpaired) electrons. The molecule has 0 aliphatic rings. The van der Waals surface area contributed by atoms with E-state index in [0.717, 1.165) is 26.8 Å². The number of benzene rings is 4. The SMILES string of the molecule is Cc1ccc(-n2c(O)c(N=Nc3cccc(-c4cccc(OC(=O)O)c4)c3O)c3ccc(Br)cc32)cc1C. The average Bonchev–Trinajstić information content (AvgIpc) is 3.15. The Morgan fingerprint density at radius 3 is 2.45 bits per heavy atom. The fourth-order valence-corrected chi connectivity index (χ4v) is 4.58. The number of ether oxygens (including phenoxy) is 1. The molecule has 3 N–H and O–H groups in total. The first-order chi connectivity index (χ1) is 18.2. The van der Waals surface area contributed by atoms with E-state index in [1.165, 1.54) is 12.1 Å². The van der Waals surface area contributed by atoms with E-state index in [1.807, 2.05) is 50.2 Å². The number of nitrogens with zero attached hydrogens (tertiary/aromatic N) is 3. The standard InChI is InChI=1S/C29H22BrN3O5/c1-16-9-11-20(13-17(16)2)33-25-15-19(30)10-12-23(25)26(28(33)35)32-31-24-8-4-7-22(27(24)34)18-5-3-6-21(14-18)38-29(36)37/h3-15,34-35H,1-2H3,(H,36,37). The van der Waals surface area contributed by atoms with Crippen LogP contribution in [-0.2, 0) is 0 Å². The lowest BCUT2D eigenvalue weighted by Gasteiger charge is -2.10. The van der Waals surface area contributed by atoms with E-state index in [0.29, 0.717) is 16.5 Å². The first-order valence-corrected chi connectivity index (χ1v) is 12.4. The molecule has 0 saturated carbocycles. The maximum Gasteiger partial charge on any atom is 0.511 e. The van der Waals surface area contributed by atoms with E-state index in [4.69, 9.17) is 9.84 Å². The third-order valence-corrected chi connectivity index (χ3v) is 6.74. The Labute approximate surface area is 226 Å².